The molecule has 0 radical (unpaired) electrons. The Labute approximate surface area is 63.7 Å². The van der Waals surface area contributed by atoms with E-state index in [0.717, 1.165) is 17.4 Å². The third kappa shape index (κ3) is 5820. The van der Waals surface area contributed by atoms with E-state index < -0.39 is 0 Å². The first-order chi connectivity index (χ1) is 3.83. The van der Waals surface area contributed by atoms with Crippen molar-refractivity contribution in [3.8, 4) is 0 Å². The van der Waals surface area contributed by atoms with Crippen LogP contribution in [0.15, 0.2) is 0 Å². The van der Waals surface area contributed by atoms with E-state index in [2.05, 4.69) is 0 Å². The number of hydrogen-bond donors (Lipinski definition) is 2. The van der Waals surface area contributed by atoms with Crippen LogP contribution >= 0.6 is 0 Å². The van der Waals surface area contributed by atoms with Crippen LogP contribution in [-0.2, 0) is 21.0 Å². The number of hydrogen-bond acceptors (Lipinski definition) is 3. The Morgan fingerprint density at radius 1 is 1.11 bits per heavy atom. The van der Waals surface area contributed by atoms with Gasteiger partial charge in [0.1, 0.15) is 0 Å². The Hall–Kier alpha value is 0.234. The second-order valence-corrected chi connectivity index (χ2v) is 0.632. The summed E-state index contributed by atoms with van der Waals surface area (Å²) in [6.45, 7) is 3.86. The van der Waals surface area contributed by atoms with Crippen LogP contribution in [-0.4, -0.2) is 23.4 Å². The van der Waals surface area contributed by atoms with E-state index in [-0.39, 0.29) is 17.9 Å². The third-order valence-corrected chi connectivity index (χ3v) is 0. The first-order valence-electron chi connectivity index (χ1n) is 2.23. The van der Waals surface area contributed by atoms with Crippen molar-refractivity contribution in [2.75, 3.05) is 13.2 Å². The van der Waals surface area contributed by atoms with Gasteiger partial charge in [-0.3, -0.25) is 4.70 Å². The van der Waals surface area contributed by atoms with Crippen LogP contribution < -0.4 is 0 Å². The molecule has 2 N–H and O–H groups in total. The Kier molecular flexibility index (Phi) is 219. The number of rotatable bonds is 0. The maximum absolute atomic E-state index is 8.19. The zero-order valence-electron chi connectivity index (χ0n) is 5.57. The molecule has 5 heteroatoms. The van der Waals surface area contributed by atoms with Gasteiger partial charge in [-0.05, 0) is 13.8 Å². The van der Waals surface area contributed by atoms with Gasteiger partial charge < -0.3 is 10.2 Å². The molecular formula is C4H13FO3V. The molecule has 0 aromatic rings. The molecule has 0 heterocycles. The second kappa shape index (κ2) is 86.3. The van der Waals surface area contributed by atoms with Crippen molar-refractivity contribution in [1.29, 1.82) is 0 Å². The van der Waals surface area contributed by atoms with Crippen LogP contribution in [0.3, 0.4) is 0 Å². The molecule has 0 aliphatic rings. The predicted molar refractivity (Wildman–Crippen MR) is 28.7 cm³/mol. The summed E-state index contributed by atoms with van der Waals surface area (Å²) >= 11 is 1.06. The zero-order valence-corrected chi connectivity index (χ0v) is 6.97. The molecule has 0 saturated carbocycles. The summed E-state index contributed by atoms with van der Waals surface area (Å²) in [6, 6.07) is 0. The van der Waals surface area contributed by atoms with E-state index >= 15 is 0 Å². The summed E-state index contributed by atoms with van der Waals surface area (Å²) in [5.41, 5.74) is 0. The predicted octanol–water partition coefficient (Wildman–Crippen LogP) is 0.0284. The van der Waals surface area contributed by atoms with Gasteiger partial charge in [-0.15, -0.1) is 0 Å². The van der Waals surface area contributed by atoms with E-state index in [1.807, 2.05) is 0 Å². The van der Waals surface area contributed by atoms with Crippen molar-refractivity contribution in [2.45, 2.75) is 13.8 Å². The van der Waals surface area contributed by atoms with Gasteiger partial charge in [0.25, 0.3) is 0 Å². The zero-order chi connectivity index (χ0) is 7.41. The van der Waals surface area contributed by atoms with E-state index in [1.165, 1.54) is 0 Å². The fourth-order valence-electron chi connectivity index (χ4n) is 0. The minimum absolute atomic E-state index is 0. The van der Waals surface area contributed by atoms with E-state index in [9.17, 15) is 0 Å². The van der Waals surface area contributed by atoms with Crippen molar-refractivity contribution in [3.05, 3.63) is 0 Å². The van der Waals surface area contributed by atoms with E-state index in [4.69, 9.17) is 13.9 Å². The molecule has 0 fully saturated rings. The second-order valence-electron chi connectivity index (χ2n) is 0.632. The molecule has 0 atom stereocenters. The van der Waals surface area contributed by atoms with Gasteiger partial charge in [0.05, 0.1) is 0 Å². The normalized spacial score (nSPS) is 4.33. The van der Waals surface area contributed by atoms with E-state index in [1.54, 1.807) is 13.8 Å². The van der Waals surface area contributed by atoms with Crippen molar-refractivity contribution in [3.63, 3.8) is 0 Å². The fourth-order valence-corrected chi connectivity index (χ4v) is 0. The molecular weight excluding hydrogens is 166 g/mol. The molecule has 0 aliphatic heterocycles. The van der Waals surface area contributed by atoms with Crippen LogP contribution in [0.25, 0.3) is 0 Å². The van der Waals surface area contributed by atoms with Gasteiger partial charge >= 0.3 is 21.0 Å². The summed E-state index contributed by atoms with van der Waals surface area (Å²) in [5, 5.41) is 15.1. The van der Waals surface area contributed by atoms with Crippen LogP contribution in [0.4, 0.5) is 4.70 Å². The molecule has 0 saturated heterocycles. The van der Waals surface area contributed by atoms with Gasteiger partial charge in [-0.2, -0.15) is 0 Å². The SMILES string of the molecule is CCO.CCO.F.[O]=[V]. The molecule has 0 unspecified atom stereocenters. The molecule has 0 aromatic heterocycles. The summed E-state index contributed by atoms with van der Waals surface area (Å²) in [6.07, 6.45) is 0. The molecule has 0 spiro atoms. The number of aliphatic hydroxyl groups excluding tert-OH is 2. The Balaban J connectivity index is -0.0000000202. The average Bonchev–Trinajstić information content (AvgIpc) is 1.75. The van der Waals surface area contributed by atoms with Crippen LogP contribution in [0.2, 0.25) is 0 Å². The van der Waals surface area contributed by atoms with E-state index in [0.29, 0.717) is 0 Å². The third-order valence-electron chi connectivity index (χ3n) is 0. The first-order valence-corrected chi connectivity index (χ1v) is 2.80. The van der Waals surface area contributed by atoms with Gasteiger partial charge in [-0.25, -0.2) is 0 Å². The van der Waals surface area contributed by atoms with Gasteiger partial charge in [0.15, 0.2) is 0 Å². The van der Waals surface area contributed by atoms with Gasteiger partial charge in [0, 0.05) is 13.2 Å². The van der Waals surface area contributed by atoms with Crippen LogP contribution in [0.5, 0.6) is 0 Å². The molecule has 0 amide bonds. The van der Waals surface area contributed by atoms with Crippen molar-refractivity contribution < 1.29 is 36.0 Å². The van der Waals surface area contributed by atoms with Gasteiger partial charge in [0.2, 0.25) is 0 Å². The Morgan fingerprint density at radius 2 is 1.11 bits per heavy atom. The number of aliphatic hydroxyl groups is 2. The van der Waals surface area contributed by atoms with Crippen molar-refractivity contribution in [2.24, 2.45) is 0 Å². The fraction of sp³-hybridized carbons (Fsp3) is 1.00. The monoisotopic (exact) mass is 179 g/mol. The molecule has 3 nitrogen and oxygen atoms in total. The molecule has 59 valence electrons. The molecule has 0 bridgehead atoms. The quantitative estimate of drug-likeness (QED) is 0.551. The molecule has 0 rings (SSSR count). The summed E-state index contributed by atoms with van der Waals surface area (Å²) in [7, 11) is 0. The van der Waals surface area contributed by atoms with Gasteiger partial charge in [-0.1, -0.05) is 0 Å². The standard InChI is InChI=1S/2C2H6O.FH.O.V/c2*1-2-3;;;/h2*3H,2H2,1H3;1H;;. The number of halogens is 1. The molecule has 0 aliphatic carbocycles. The Bertz CT molecular complexity index is 23.3. The minimum atomic E-state index is 0. The average molecular weight is 179 g/mol. The molecule has 0 aromatic carbocycles. The summed E-state index contributed by atoms with van der Waals surface area (Å²) < 4.78 is 8.19. The van der Waals surface area contributed by atoms with Crippen LogP contribution in [0, 0.1) is 0 Å². The van der Waals surface area contributed by atoms with Crippen molar-refractivity contribution >= 4 is 0 Å². The molecule has 9 heavy (non-hydrogen) atoms. The summed E-state index contributed by atoms with van der Waals surface area (Å²) in [4.78, 5) is 0. The van der Waals surface area contributed by atoms with Crippen molar-refractivity contribution in [1.82, 2.24) is 0 Å². The first kappa shape index (κ1) is 22.9. The maximum atomic E-state index is 8.19. The Morgan fingerprint density at radius 3 is 1.11 bits per heavy atom. The summed E-state index contributed by atoms with van der Waals surface area (Å²) in [5.74, 6) is 0. The van der Waals surface area contributed by atoms with Crippen LogP contribution in [0.1, 0.15) is 13.8 Å². The topological polar surface area (TPSA) is 57.5 Å².